The average molecular weight is 618 g/mol. The first-order valence-electron chi connectivity index (χ1n) is 15.6. The van der Waals surface area contributed by atoms with E-state index in [-0.39, 0.29) is 23.8 Å². The number of hydrogen-bond acceptors (Lipinski definition) is 6. The van der Waals surface area contributed by atoms with Crippen molar-refractivity contribution in [2.45, 2.75) is 57.4 Å². The minimum atomic E-state index is -1.32. The summed E-state index contributed by atoms with van der Waals surface area (Å²) in [5.41, 5.74) is -0.471. The normalized spacial score (nSPS) is 18.2. The number of piperidine rings is 2. The van der Waals surface area contributed by atoms with Crippen molar-refractivity contribution in [2.75, 3.05) is 36.8 Å². The number of benzene rings is 2. The van der Waals surface area contributed by atoms with Crippen molar-refractivity contribution < 1.29 is 27.9 Å². The first-order valence-corrected chi connectivity index (χ1v) is 15.6. The van der Waals surface area contributed by atoms with Crippen LogP contribution in [0.3, 0.4) is 0 Å². The number of carbonyl (C=O) groups is 3. The minimum absolute atomic E-state index is 0.0302. The summed E-state index contributed by atoms with van der Waals surface area (Å²) in [5, 5.41) is 5.15. The number of halogens is 2. The molecule has 0 bridgehead atoms. The molecule has 0 unspecified atom stereocenters. The summed E-state index contributed by atoms with van der Waals surface area (Å²) in [5.74, 6) is -1.68. The second kappa shape index (κ2) is 13.3. The van der Waals surface area contributed by atoms with Gasteiger partial charge in [0.2, 0.25) is 17.7 Å². The molecule has 1 aliphatic carbocycles. The van der Waals surface area contributed by atoms with Crippen molar-refractivity contribution in [1.29, 1.82) is 0 Å². The van der Waals surface area contributed by atoms with Crippen LogP contribution in [0.5, 0.6) is 11.5 Å². The first-order chi connectivity index (χ1) is 21.8. The van der Waals surface area contributed by atoms with E-state index < -0.39 is 28.9 Å². The lowest BCUT2D eigenvalue weighted by molar-refractivity contribution is -0.132. The molecule has 3 aliphatic rings. The third-order valence-corrected chi connectivity index (χ3v) is 8.99. The highest BCUT2D eigenvalue weighted by Gasteiger charge is 2.56. The van der Waals surface area contributed by atoms with Crippen molar-refractivity contribution in [2.24, 2.45) is 5.41 Å². The second-order valence-electron chi connectivity index (χ2n) is 12.1. The highest BCUT2D eigenvalue weighted by atomic mass is 19.1. The zero-order valence-electron chi connectivity index (χ0n) is 25.1. The third kappa shape index (κ3) is 7.30. The first kappa shape index (κ1) is 30.6. The Morgan fingerprint density at radius 2 is 1.53 bits per heavy atom. The summed E-state index contributed by atoms with van der Waals surface area (Å²) in [6, 6.07) is 13.1. The van der Waals surface area contributed by atoms with E-state index in [0.29, 0.717) is 36.0 Å². The van der Waals surface area contributed by atoms with Crippen molar-refractivity contribution in [1.82, 2.24) is 14.8 Å². The maximum absolute atomic E-state index is 15.0. The van der Waals surface area contributed by atoms with Crippen molar-refractivity contribution >= 4 is 29.1 Å². The molecule has 236 valence electrons. The van der Waals surface area contributed by atoms with Crippen LogP contribution in [-0.4, -0.2) is 64.7 Å². The van der Waals surface area contributed by atoms with E-state index in [0.717, 1.165) is 45.1 Å². The lowest BCUT2D eigenvalue weighted by Crippen LogP contribution is -2.48. The molecule has 9 nitrogen and oxygen atoms in total. The fraction of sp³-hybridized carbons (Fsp3) is 0.412. The molecule has 2 saturated heterocycles. The van der Waals surface area contributed by atoms with Crippen LogP contribution >= 0.6 is 0 Å². The Morgan fingerprint density at radius 1 is 0.844 bits per heavy atom. The fourth-order valence-corrected chi connectivity index (χ4v) is 6.15. The van der Waals surface area contributed by atoms with Gasteiger partial charge in [0.1, 0.15) is 28.5 Å². The Hall–Kier alpha value is -4.38. The zero-order valence-corrected chi connectivity index (χ0v) is 25.1. The van der Waals surface area contributed by atoms with Gasteiger partial charge in [0.25, 0.3) is 0 Å². The molecule has 0 spiro atoms. The molecule has 2 aromatic carbocycles. The molecule has 6 rings (SSSR count). The molecule has 3 aromatic rings. The van der Waals surface area contributed by atoms with Crippen LogP contribution in [0.25, 0.3) is 0 Å². The van der Waals surface area contributed by atoms with Crippen LogP contribution in [-0.2, 0) is 20.8 Å². The molecule has 1 saturated carbocycles. The summed E-state index contributed by atoms with van der Waals surface area (Å²) in [7, 11) is 0. The van der Waals surface area contributed by atoms with Crippen molar-refractivity contribution in [3.05, 3.63) is 78.1 Å². The Morgan fingerprint density at radius 3 is 2.22 bits per heavy atom. The quantitative estimate of drug-likeness (QED) is 0.306. The maximum atomic E-state index is 15.0. The van der Waals surface area contributed by atoms with E-state index in [9.17, 15) is 18.8 Å². The van der Waals surface area contributed by atoms with Gasteiger partial charge < -0.3 is 25.2 Å². The highest BCUT2D eigenvalue weighted by molar-refractivity contribution is 6.16. The SMILES string of the molecule is O=C(Cc1cc(Oc2ccc(NC(=O)C3(C(=O)Nc4ccc(F)cc4)CC3)c(F)c2)ccn1)N1CCC(N2CCCCC2)CC1. The van der Waals surface area contributed by atoms with Crippen LogP contribution in [0.1, 0.15) is 50.6 Å². The number of anilines is 2. The van der Waals surface area contributed by atoms with Crippen LogP contribution in [0, 0.1) is 17.0 Å². The van der Waals surface area contributed by atoms with E-state index in [4.69, 9.17) is 4.74 Å². The van der Waals surface area contributed by atoms with E-state index in [1.165, 1.54) is 55.7 Å². The number of amides is 3. The Balaban J connectivity index is 1.01. The zero-order chi connectivity index (χ0) is 31.4. The van der Waals surface area contributed by atoms with Gasteiger partial charge in [0, 0.05) is 43.1 Å². The smallest absolute Gasteiger partial charge is 0.240 e. The average Bonchev–Trinajstić information content (AvgIpc) is 3.87. The van der Waals surface area contributed by atoms with Crippen LogP contribution in [0.4, 0.5) is 20.2 Å². The third-order valence-electron chi connectivity index (χ3n) is 8.99. The predicted octanol–water partition coefficient (Wildman–Crippen LogP) is 5.53. The summed E-state index contributed by atoms with van der Waals surface area (Å²) in [6.45, 7) is 3.82. The van der Waals surface area contributed by atoms with Crippen molar-refractivity contribution in [3.8, 4) is 11.5 Å². The van der Waals surface area contributed by atoms with Crippen LogP contribution in [0.15, 0.2) is 60.8 Å². The number of ether oxygens (including phenoxy) is 1. The van der Waals surface area contributed by atoms with Crippen LogP contribution in [0.2, 0.25) is 0 Å². The number of hydrogen-bond donors (Lipinski definition) is 2. The molecule has 3 heterocycles. The molecule has 0 radical (unpaired) electrons. The van der Waals surface area contributed by atoms with E-state index in [2.05, 4.69) is 20.5 Å². The highest BCUT2D eigenvalue weighted by Crippen LogP contribution is 2.47. The largest absolute Gasteiger partial charge is 0.457 e. The molecule has 0 atom stereocenters. The van der Waals surface area contributed by atoms with Gasteiger partial charge in [-0.25, -0.2) is 8.78 Å². The van der Waals surface area contributed by atoms with Gasteiger partial charge in [-0.2, -0.15) is 0 Å². The number of carbonyl (C=O) groups excluding carboxylic acids is 3. The summed E-state index contributed by atoms with van der Waals surface area (Å²) in [6.07, 6.45) is 8.17. The van der Waals surface area contributed by atoms with Gasteiger partial charge in [0.05, 0.1) is 17.8 Å². The maximum Gasteiger partial charge on any atom is 0.240 e. The van der Waals surface area contributed by atoms with Gasteiger partial charge in [-0.3, -0.25) is 19.4 Å². The Bertz CT molecular complexity index is 1550. The van der Waals surface area contributed by atoms with Gasteiger partial charge in [-0.1, -0.05) is 6.42 Å². The number of rotatable bonds is 9. The van der Waals surface area contributed by atoms with E-state index in [1.807, 2.05) is 4.90 Å². The number of nitrogens with zero attached hydrogens (tertiary/aromatic N) is 3. The lowest BCUT2D eigenvalue weighted by Gasteiger charge is -2.40. The van der Waals surface area contributed by atoms with Gasteiger partial charge >= 0.3 is 0 Å². The minimum Gasteiger partial charge on any atom is -0.457 e. The van der Waals surface area contributed by atoms with Gasteiger partial charge in [-0.15, -0.1) is 0 Å². The number of aromatic nitrogens is 1. The van der Waals surface area contributed by atoms with Crippen molar-refractivity contribution in [3.63, 3.8) is 0 Å². The molecular weight excluding hydrogens is 580 g/mol. The molecule has 2 N–H and O–H groups in total. The van der Waals surface area contributed by atoms with E-state index >= 15 is 4.39 Å². The monoisotopic (exact) mass is 617 g/mol. The molecule has 3 amide bonds. The molecule has 45 heavy (non-hydrogen) atoms. The molecule has 1 aromatic heterocycles. The number of pyridine rings is 1. The summed E-state index contributed by atoms with van der Waals surface area (Å²) < 4.78 is 34.0. The molecule has 2 aliphatic heterocycles. The van der Waals surface area contributed by atoms with Gasteiger partial charge in [0.15, 0.2) is 0 Å². The molecular formula is C34H37F2N5O4. The molecule has 3 fully saturated rings. The Labute approximate surface area is 261 Å². The predicted molar refractivity (Wildman–Crippen MR) is 165 cm³/mol. The molecule has 11 heteroatoms. The van der Waals surface area contributed by atoms with Gasteiger partial charge in [-0.05, 0) is 94.1 Å². The topological polar surface area (TPSA) is 104 Å². The summed E-state index contributed by atoms with van der Waals surface area (Å²) in [4.78, 5) is 47.6. The summed E-state index contributed by atoms with van der Waals surface area (Å²) >= 11 is 0. The lowest BCUT2D eigenvalue weighted by atomic mass is 9.99. The number of nitrogens with one attached hydrogen (secondary N) is 2. The Kier molecular flexibility index (Phi) is 9.07. The number of likely N-dealkylation sites (tertiary alicyclic amines) is 2. The van der Waals surface area contributed by atoms with E-state index in [1.54, 1.807) is 18.3 Å². The second-order valence-corrected chi connectivity index (χ2v) is 12.1. The fourth-order valence-electron chi connectivity index (χ4n) is 6.15. The standard InChI is InChI=1S/C34H37F2N5O4/c35-23-4-6-24(7-5-23)38-32(43)34(13-14-34)33(44)39-30-9-8-27(22-29(30)36)45-28-10-15-37-25(20-28)21-31(42)41-18-11-26(12-19-41)40-16-2-1-3-17-40/h4-10,15,20,22,26H,1-3,11-14,16-19,21H2,(H,38,43)(H,39,44). The van der Waals surface area contributed by atoms with Crippen LogP contribution < -0.4 is 15.4 Å².